The first kappa shape index (κ1) is 32.4. The minimum absolute atomic E-state index is 0.591. The third-order valence-electron chi connectivity index (χ3n) is 11.8. The van der Waals surface area contributed by atoms with Crippen molar-refractivity contribution in [3.8, 4) is 39.9 Å². The maximum Gasteiger partial charge on any atom is 0.164 e. The van der Waals surface area contributed by atoms with Gasteiger partial charge in [-0.15, -0.1) is 11.3 Å². The number of para-hydroxylation sites is 2. The second kappa shape index (κ2) is 12.4. The largest absolute Gasteiger partial charge is 0.454 e. The maximum atomic E-state index is 6.81. The summed E-state index contributed by atoms with van der Waals surface area (Å²) in [5.74, 6) is 1.84. The minimum atomic E-state index is 0.591. The topological polar surface area (TPSA) is 56.7 Å². The summed E-state index contributed by atoms with van der Waals surface area (Å²) in [4.78, 5) is 16.0. The molecule has 0 saturated heterocycles. The van der Waals surface area contributed by atoms with E-state index < -0.39 is 0 Å². The van der Waals surface area contributed by atoms with Gasteiger partial charge in [0.25, 0.3) is 0 Å². The van der Waals surface area contributed by atoms with Gasteiger partial charge in [0.2, 0.25) is 0 Å². The SMILES string of the molecule is c1ccc2cc3c(cc2c1)c1ccccc1n3-c1cc(-c2nc(-c3ccc4sc5ccccc5c4c3)nc(-c3cccc4ccccc34)n2)cc2c1oc1ccccc12. The first-order valence-electron chi connectivity index (χ1n) is 19.8. The summed E-state index contributed by atoms with van der Waals surface area (Å²) in [6.45, 7) is 0. The predicted octanol–water partition coefficient (Wildman–Crippen LogP) is 14.5. The predicted molar refractivity (Wildman–Crippen MR) is 246 cm³/mol. The van der Waals surface area contributed by atoms with E-state index in [1.807, 2.05) is 23.5 Å². The van der Waals surface area contributed by atoms with Crippen LogP contribution in [0.3, 0.4) is 0 Å². The molecule has 0 atom stereocenters. The van der Waals surface area contributed by atoms with Crippen LogP contribution in [0.4, 0.5) is 0 Å². The lowest BCUT2D eigenvalue weighted by Gasteiger charge is -2.13. The maximum absolute atomic E-state index is 6.81. The van der Waals surface area contributed by atoms with Crippen LogP contribution in [0.15, 0.2) is 186 Å². The Morgan fingerprint density at radius 3 is 1.92 bits per heavy atom. The summed E-state index contributed by atoms with van der Waals surface area (Å²) in [7, 11) is 0. The van der Waals surface area contributed by atoms with Crippen molar-refractivity contribution in [2.24, 2.45) is 0 Å². The smallest absolute Gasteiger partial charge is 0.164 e. The zero-order valence-corrected chi connectivity index (χ0v) is 32.2. The molecule has 0 aliphatic carbocycles. The first-order chi connectivity index (χ1) is 29.2. The number of nitrogens with zero attached hydrogens (tertiary/aromatic N) is 4. The molecule has 0 spiro atoms. The normalized spacial score (nSPS) is 12.1. The molecule has 0 aliphatic heterocycles. The molecule has 0 amide bonds. The standard InChI is InChI=1S/C53H30N4OS/c1-2-14-33-29-45-41(26-32(33)13-1)37-17-5-8-21-44(37)57(45)46-30-35(28-43-38-18-6-9-22-47(38)58-50(43)46)52-54-51(34-24-25-49-42(27-34)39-19-7-10-23-48(39)59-49)55-53(56-52)40-20-11-15-31-12-3-4-16-36(31)40/h1-30H. The number of furan rings is 1. The molecule has 4 aromatic heterocycles. The van der Waals surface area contributed by atoms with Gasteiger partial charge in [-0.3, -0.25) is 0 Å². The minimum Gasteiger partial charge on any atom is -0.454 e. The number of benzene rings is 9. The Kier molecular flexibility index (Phi) is 6.82. The van der Waals surface area contributed by atoms with Gasteiger partial charge in [-0.2, -0.15) is 0 Å². The van der Waals surface area contributed by atoms with Crippen molar-refractivity contribution in [2.75, 3.05) is 0 Å². The number of hydrogen-bond donors (Lipinski definition) is 0. The third kappa shape index (κ3) is 4.94. The van der Waals surface area contributed by atoms with Gasteiger partial charge in [0.05, 0.1) is 16.7 Å². The average Bonchev–Trinajstić information content (AvgIpc) is 3.97. The zero-order chi connectivity index (χ0) is 38.6. The number of rotatable bonds is 4. The molecule has 6 heteroatoms. The van der Waals surface area contributed by atoms with Crippen LogP contribution < -0.4 is 0 Å². The fraction of sp³-hybridized carbons (Fsp3) is 0. The third-order valence-corrected chi connectivity index (χ3v) is 13.0. The first-order valence-corrected chi connectivity index (χ1v) is 20.6. The molecule has 13 aromatic rings. The van der Waals surface area contributed by atoms with Crippen molar-refractivity contribution in [2.45, 2.75) is 0 Å². The van der Waals surface area contributed by atoms with Gasteiger partial charge in [0.1, 0.15) is 5.58 Å². The summed E-state index contributed by atoms with van der Waals surface area (Å²) in [5.41, 5.74) is 7.54. The van der Waals surface area contributed by atoms with Crippen molar-refractivity contribution < 1.29 is 4.42 Å². The lowest BCUT2D eigenvalue weighted by Crippen LogP contribution is -2.02. The fourth-order valence-electron chi connectivity index (χ4n) is 9.06. The number of fused-ring (bicyclic) bond motifs is 11. The molecule has 5 nitrogen and oxygen atoms in total. The Balaban J connectivity index is 1.13. The van der Waals surface area contributed by atoms with Gasteiger partial charge in [-0.1, -0.05) is 121 Å². The van der Waals surface area contributed by atoms with Gasteiger partial charge in [-0.25, -0.2) is 15.0 Å². The van der Waals surface area contributed by atoms with Crippen LogP contribution in [0.5, 0.6) is 0 Å². The van der Waals surface area contributed by atoms with Crippen molar-refractivity contribution >= 4 is 96.8 Å². The van der Waals surface area contributed by atoms with E-state index in [1.165, 1.54) is 41.7 Å². The lowest BCUT2D eigenvalue weighted by atomic mass is 10.0. The highest BCUT2D eigenvalue weighted by Crippen LogP contribution is 2.42. The Hall–Kier alpha value is -7.67. The fourth-order valence-corrected chi connectivity index (χ4v) is 10.1. The second-order valence-electron chi connectivity index (χ2n) is 15.2. The Labute approximate surface area is 341 Å². The van der Waals surface area contributed by atoms with Crippen molar-refractivity contribution in [3.63, 3.8) is 0 Å². The van der Waals surface area contributed by atoms with Crippen molar-refractivity contribution in [1.82, 2.24) is 19.5 Å². The summed E-state index contributed by atoms with van der Waals surface area (Å²) in [6, 6.07) is 64.4. The molecule has 274 valence electrons. The summed E-state index contributed by atoms with van der Waals surface area (Å²) in [6.07, 6.45) is 0. The molecule has 59 heavy (non-hydrogen) atoms. The van der Waals surface area contributed by atoms with Crippen LogP contribution in [0.1, 0.15) is 0 Å². The van der Waals surface area contributed by atoms with Crippen LogP contribution in [-0.4, -0.2) is 19.5 Å². The van der Waals surface area contributed by atoms with Crippen LogP contribution in [0, 0.1) is 0 Å². The van der Waals surface area contributed by atoms with Crippen LogP contribution in [-0.2, 0) is 0 Å². The highest BCUT2D eigenvalue weighted by Gasteiger charge is 2.22. The van der Waals surface area contributed by atoms with Gasteiger partial charge in [0.15, 0.2) is 23.1 Å². The number of aromatic nitrogens is 4. The molecule has 0 bridgehead atoms. The van der Waals surface area contributed by atoms with Crippen molar-refractivity contribution in [3.05, 3.63) is 182 Å². The molecule has 13 rings (SSSR count). The molecule has 0 saturated carbocycles. The average molecular weight is 771 g/mol. The molecule has 9 aromatic carbocycles. The van der Waals surface area contributed by atoms with E-state index >= 15 is 0 Å². The summed E-state index contributed by atoms with van der Waals surface area (Å²) >= 11 is 1.81. The van der Waals surface area contributed by atoms with E-state index in [0.717, 1.165) is 66.1 Å². The quantitative estimate of drug-likeness (QED) is 0.179. The van der Waals surface area contributed by atoms with Crippen LogP contribution >= 0.6 is 11.3 Å². The molecule has 0 radical (unpaired) electrons. The van der Waals surface area contributed by atoms with Gasteiger partial charge in [0, 0.05) is 58.4 Å². The van der Waals surface area contributed by atoms with E-state index in [-0.39, 0.29) is 0 Å². The molecular formula is C53H30N4OS. The molecule has 0 fully saturated rings. The van der Waals surface area contributed by atoms with Crippen molar-refractivity contribution in [1.29, 1.82) is 0 Å². The van der Waals surface area contributed by atoms with Gasteiger partial charge in [-0.05, 0) is 82.2 Å². The van der Waals surface area contributed by atoms with E-state index in [4.69, 9.17) is 19.4 Å². The van der Waals surface area contributed by atoms with Gasteiger partial charge < -0.3 is 8.98 Å². The number of hydrogen-bond acceptors (Lipinski definition) is 5. The van der Waals surface area contributed by atoms with E-state index in [1.54, 1.807) is 0 Å². The monoisotopic (exact) mass is 770 g/mol. The van der Waals surface area contributed by atoms with Crippen LogP contribution in [0.25, 0.3) is 125 Å². The van der Waals surface area contributed by atoms with E-state index in [2.05, 4.69) is 174 Å². The van der Waals surface area contributed by atoms with E-state index in [0.29, 0.717) is 17.5 Å². The summed E-state index contributed by atoms with van der Waals surface area (Å²) < 4.78 is 11.7. The highest BCUT2D eigenvalue weighted by atomic mass is 32.1. The Morgan fingerprint density at radius 1 is 0.390 bits per heavy atom. The molecule has 0 unspecified atom stereocenters. The Morgan fingerprint density at radius 2 is 1.03 bits per heavy atom. The Bertz CT molecular complexity index is 3870. The summed E-state index contributed by atoms with van der Waals surface area (Å²) in [5, 5.41) is 11.4. The van der Waals surface area contributed by atoms with Crippen LogP contribution in [0.2, 0.25) is 0 Å². The molecule has 4 heterocycles. The highest BCUT2D eigenvalue weighted by molar-refractivity contribution is 7.25. The zero-order valence-electron chi connectivity index (χ0n) is 31.4. The van der Waals surface area contributed by atoms with Gasteiger partial charge >= 0.3 is 0 Å². The second-order valence-corrected chi connectivity index (χ2v) is 16.3. The molecular weight excluding hydrogens is 741 g/mol. The molecule has 0 aliphatic rings. The molecule has 0 N–H and O–H groups in total. The number of thiophene rings is 1. The van der Waals surface area contributed by atoms with E-state index in [9.17, 15) is 0 Å². The lowest BCUT2D eigenvalue weighted by molar-refractivity contribution is 0.666.